The van der Waals surface area contributed by atoms with Crippen LogP contribution in [0.2, 0.25) is 5.02 Å². The number of carboxylic acid groups (broad SMARTS) is 1. The summed E-state index contributed by atoms with van der Waals surface area (Å²) in [4.78, 5) is 27.5. The third kappa shape index (κ3) is 5.00. The minimum absolute atomic E-state index is 0.167. The Morgan fingerprint density at radius 1 is 1.21 bits per heavy atom. The number of hydrogen-bond donors (Lipinski definition) is 3. The van der Waals surface area contributed by atoms with Crippen LogP contribution >= 0.6 is 11.6 Å². The van der Waals surface area contributed by atoms with E-state index in [-0.39, 0.29) is 11.5 Å². The zero-order chi connectivity index (χ0) is 21.0. The summed E-state index contributed by atoms with van der Waals surface area (Å²) < 4.78 is 0. The van der Waals surface area contributed by atoms with Crippen molar-refractivity contribution < 1.29 is 14.7 Å². The highest BCUT2D eigenvalue weighted by atomic mass is 35.5. The topological polar surface area (TPSA) is 81.7 Å². The highest BCUT2D eigenvalue weighted by molar-refractivity contribution is 6.30. The SMILES string of the molecule is CC1=C(C(=O)O)C(c2cccc(Cl)c2)C(C(=O)NCCCN2CCCC2)=C(C)N1. The molecule has 2 heterocycles. The monoisotopic (exact) mass is 417 g/mol. The molecule has 0 aliphatic carbocycles. The number of aliphatic carboxylic acids is 1. The molecule has 0 spiro atoms. The smallest absolute Gasteiger partial charge is 0.334 e. The molecule has 1 aromatic rings. The minimum atomic E-state index is -1.05. The van der Waals surface area contributed by atoms with Crippen LogP contribution in [0.3, 0.4) is 0 Å². The highest BCUT2D eigenvalue weighted by Crippen LogP contribution is 2.38. The standard InChI is InChI=1S/C22H28ClN3O3/c1-14-18(21(27)24-9-6-12-26-10-3-4-11-26)20(16-7-5-8-17(23)13-16)19(22(28)29)15(2)25-14/h5,7-8,13,20,25H,3-4,6,9-12H2,1-2H3,(H,24,27)(H,28,29). The molecule has 1 saturated heterocycles. The van der Waals surface area contributed by atoms with Crippen molar-refractivity contribution in [1.29, 1.82) is 0 Å². The van der Waals surface area contributed by atoms with Crippen LogP contribution in [0.15, 0.2) is 46.8 Å². The molecule has 6 nitrogen and oxygen atoms in total. The van der Waals surface area contributed by atoms with Crippen LogP contribution in [0.25, 0.3) is 0 Å². The number of likely N-dealkylation sites (tertiary alicyclic amines) is 1. The molecule has 0 saturated carbocycles. The Hall–Kier alpha value is -2.31. The van der Waals surface area contributed by atoms with Gasteiger partial charge >= 0.3 is 5.97 Å². The van der Waals surface area contributed by atoms with Crippen molar-refractivity contribution in [3.8, 4) is 0 Å². The van der Waals surface area contributed by atoms with Crippen molar-refractivity contribution in [2.45, 2.75) is 39.0 Å². The number of allylic oxidation sites excluding steroid dienone is 2. The number of amides is 1. The summed E-state index contributed by atoms with van der Waals surface area (Å²) >= 11 is 6.16. The second kappa shape index (κ2) is 9.46. The number of dihydropyridines is 1. The van der Waals surface area contributed by atoms with Gasteiger partial charge in [-0.05, 0) is 70.4 Å². The van der Waals surface area contributed by atoms with Crippen molar-refractivity contribution in [2.75, 3.05) is 26.2 Å². The van der Waals surface area contributed by atoms with Gasteiger partial charge in [0.05, 0.1) is 11.5 Å². The van der Waals surface area contributed by atoms with E-state index in [1.54, 1.807) is 32.0 Å². The van der Waals surface area contributed by atoms with Crippen LogP contribution in [-0.2, 0) is 9.59 Å². The molecule has 2 aliphatic heterocycles. The van der Waals surface area contributed by atoms with Crippen molar-refractivity contribution >= 4 is 23.5 Å². The van der Waals surface area contributed by atoms with Gasteiger partial charge in [0.25, 0.3) is 0 Å². The summed E-state index contributed by atoms with van der Waals surface area (Å²) in [7, 11) is 0. The Kier molecular flexibility index (Phi) is 6.98. The molecule has 1 amide bonds. The first-order valence-corrected chi connectivity index (χ1v) is 10.4. The average molecular weight is 418 g/mol. The molecular formula is C22H28ClN3O3. The first-order chi connectivity index (χ1) is 13.9. The highest BCUT2D eigenvalue weighted by Gasteiger charge is 2.36. The van der Waals surface area contributed by atoms with Crippen LogP contribution in [0.1, 0.15) is 44.6 Å². The molecule has 0 bridgehead atoms. The van der Waals surface area contributed by atoms with E-state index in [9.17, 15) is 14.7 Å². The fourth-order valence-electron chi connectivity index (χ4n) is 4.20. The third-order valence-corrected chi connectivity index (χ3v) is 5.79. The van der Waals surface area contributed by atoms with Gasteiger partial charge in [-0.1, -0.05) is 23.7 Å². The molecule has 1 atom stereocenters. The van der Waals surface area contributed by atoms with Crippen molar-refractivity contribution in [1.82, 2.24) is 15.5 Å². The van der Waals surface area contributed by atoms with Gasteiger partial charge in [0.2, 0.25) is 5.91 Å². The zero-order valence-corrected chi connectivity index (χ0v) is 17.7. The van der Waals surface area contributed by atoms with Gasteiger partial charge < -0.3 is 20.6 Å². The lowest BCUT2D eigenvalue weighted by atomic mass is 9.80. The van der Waals surface area contributed by atoms with Gasteiger partial charge in [0.15, 0.2) is 0 Å². The van der Waals surface area contributed by atoms with E-state index in [1.807, 2.05) is 6.07 Å². The molecular weight excluding hydrogens is 390 g/mol. The quantitative estimate of drug-likeness (QED) is 0.593. The Bertz CT molecular complexity index is 857. The average Bonchev–Trinajstić information content (AvgIpc) is 3.17. The molecule has 3 N–H and O–H groups in total. The number of carbonyl (C=O) groups is 2. The largest absolute Gasteiger partial charge is 0.478 e. The number of rotatable bonds is 7. The predicted octanol–water partition coefficient (Wildman–Crippen LogP) is 3.26. The molecule has 156 valence electrons. The number of hydrogen-bond acceptors (Lipinski definition) is 4. The molecule has 0 radical (unpaired) electrons. The first-order valence-electron chi connectivity index (χ1n) is 10.1. The molecule has 0 aromatic heterocycles. The second-order valence-electron chi connectivity index (χ2n) is 7.65. The van der Waals surface area contributed by atoms with E-state index < -0.39 is 11.9 Å². The van der Waals surface area contributed by atoms with Gasteiger partial charge in [0.1, 0.15) is 0 Å². The predicted molar refractivity (Wildman–Crippen MR) is 114 cm³/mol. The van der Waals surface area contributed by atoms with Crippen molar-refractivity contribution in [3.63, 3.8) is 0 Å². The van der Waals surface area contributed by atoms with Gasteiger partial charge in [-0.2, -0.15) is 0 Å². The van der Waals surface area contributed by atoms with E-state index in [2.05, 4.69) is 15.5 Å². The number of benzene rings is 1. The van der Waals surface area contributed by atoms with E-state index in [0.29, 0.717) is 34.1 Å². The second-order valence-corrected chi connectivity index (χ2v) is 8.09. The number of carbonyl (C=O) groups excluding carboxylic acids is 1. The van der Waals surface area contributed by atoms with Gasteiger partial charge in [-0.3, -0.25) is 4.79 Å². The van der Waals surface area contributed by atoms with Gasteiger partial charge in [-0.15, -0.1) is 0 Å². The number of carboxylic acids is 1. The summed E-state index contributed by atoms with van der Waals surface area (Å²) in [5, 5.41) is 16.4. The zero-order valence-electron chi connectivity index (χ0n) is 16.9. The fraction of sp³-hybridized carbons (Fsp3) is 0.455. The molecule has 1 aromatic carbocycles. The maximum absolute atomic E-state index is 13.1. The Morgan fingerprint density at radius 2 is 1.90 bits per heavy atom. The molecule has 7 heteroatoms. The summed E-state index contributed by atoms with van der Waals surface area (Å²) in [5.41, 5.74) is 2.48. The minimum Gasteiger partial charge on any atom is -0.478 e. The Morgan fingerprint density at radius 3 is 2.55 bits per heavy atom. The third-order valence-electron chi connectivity index (χ3n) is 5.55. The molecule has 3 rings (SSSR count). The summed E-state index contributed by atoms with van der Waals surface area (Å²) in [6.07, 6.45) is 3.36. The number of nitrogens with one attached hydrogen (secondary N) is 2. The maximum Gasteiger partial charge on any atom is 0.334 e. The van der Waals surface area contributed by atoms with Crippen LogP contribution < -0.4 is 10.6 Å². The summed E-state index contributed by atoms with van der Waals surface area (Å²) in [5.74, 6) is -1.97. The van der Waals surface area contributed by atoms with Gasteiger partial charge in [-0.25, -0.2) is 4.79 Å². The van der Waals surface area contributed by atoms with E-state index in [1.165, 1.54) is 12.8 Å². The van der Waals surface area contributed by atoms with Crippen LogP contribution in [0.4, 0.5) is 0 Å². The maximum atomic E-state index is 13.1. The van der Waals surface area contributed by atoms with E-state index in [4.69, 9.17) is 11.6 Å². The molecule has 2 aliphatic rings. The van der Waals surface area contributed by atoms with Crippen molar-refractivity contribution in [3.05, 3.63) is 57.4 Å². The Balaban J connectivity index is 1.80. The summed E-state index contributed by atoms with van der Waals surface area (Å²) in [6, 6.07) is 7.04. The van der Waals surface area contributed by atoms with Crippen LogP contribution in [0.5, 0.6) is 0 Å². The summed E-state index contributed by atoms with van der Waals surface area (Å²) in [6.45, 7) is 7.30. The molecule has 1 fully saturated rings. The molecule has 29 heavy (non-hydrogen) atoms. The lowest BCUT2D eigenvalue weighted by molar-refractivity contribution is -0.133. The van der Waals surface area contributed by atoms with Crippen LogP contribution in [0, 0.1) is 0 Å². The number of halogens is 1. The normalized spacial score (nSPS) is 20.0. The number of nitrogens with zero attached hydrogens (tertiary/aromatic N) is 1. The first kappa shape index (κ1) is 21.4. The van der Waals surface area contributed by atoms with Gasteiger partial charge in [0, 0.05) is 28.5 Å². The van der Waals surface area contributed by atoms with Crippen LogP contribution in [-0.4, -0.2) is 48.1 Å². The molecule has 1 unspecified atom stereocenters. The fourth-order valence-corrected chi connectivity index (χ4v) is 4.40. The Labute approximate surface area is 176 Å². The van der Waals surface area contributed by atoms with E-state index in [0.717, 1.165) is 26.1 Å². The lowest BCUT2D eigenvalue weighted by Crippen LogP contribution is -2.37. The lowest BCUT2D eigenvalue weighted by Gasteiger charge is -2.30. The van der Waals surface area contributed by atoms with E-state index >= 15 is 0 Å². The van der Waals surface area contributed by atoms with Crippen molar-refractivity contribution in [2.24, 2.45) is 0 Å².